The number of allylic oxidation sites excluding steroid dienone is 2. The molecule has 0 aromatic rings. The predicted octanol–water partition coefficient (Wildman–Crippen LogP) is 2.55. The van der Waals surface area contributed by atoms with Crippen molar-refractivity contribution in [3.05, 3.63) is 24.4 Å². The average molecular weight is 271 g/mol. The monoisotopic (exact) mass is 269 g/mol. The Morgan fingerprint density at radius 1 is 1.30 bits per heavy atom. The second-order valence-corrected chi connectivity index (χ2v) is 1.86. The molecule has 0 saturated heterocycles. The fraction of sp³-hybridized carbons (Fsp3) is 0.429. The topological polar surface area (TPSA) is 3.24 Å². The normalized spacial score (nSPS) is 13.9. The molecule has 0 aliphatic carbocycles. The van der Waals surface area contributed by atoms with Gasteiger partial charge in [-0.05, 0) is 19.2 Å². The molecule has 0 saturated carbocycles. The van der Waals surface area contributed by atoms with Gasteiger partial charge in [-0.15, -0.1) is 34.0 Å². The first-order valence-electron chi connectivity index (χ1n) is 3.01. The summed E-state index contributed by atoms with van der Waals surface area (Å²) in [5, 5.41) is 0. The Balaban J connectivity index is 0. The summed E-state index contributed by atoms with van der Waals surface area (Å²) in [5.41, 5.74) is 0. The zero-order chi connectivity index (χ0) is 5.82. The van der Waals surface area contributed by atoms with Gasteiger partial charge < -0.3 is 4.90 Å². The molecule has 0 aromatic carbocycles. The van der Waals surface area contributed by atoms with Crippen LogP contribution in [0.5, 0.6) is 0 Å². The molecule has 1 aliphatic rings. The van der Waals surface area contributed by atoms with Crippen LogP contribution in [0.25, 0.3) is 0 Å². The van der Waals surface area contributed by atoms with Gasteiger partial charge >= 0.3 is 0 Å². The summed E-state index contributed by atoms with van der Waals surface area (Å²) in [6, 6.07) is 0. The highest BCUT2D eigenvalue weighted by Crippen LogP contribution is 1.95. The smallest absolute Gasteiger partial charge is 0.0356 e. The molecule has 1 aliphatic heterocycles. The summed E-state index contributed by atoms with van der Waals surface area (Å²) >= 11 is 0. The van der Waals surface area contributed by atoms with E-state index in [4.69, 9.17) is 0 Å². The first kappa shape index (κ1) is 12.9. The van der Waals surface area contributed by atoms with Crippen LogP contribution in [0.15, 0.2) is 24.4 Å². The molecule has 0 spiro atoms. The summed E-state index contributed by atoms with van der Waals surface area (Å²) in [7, 11) is 0. The predicted molar refractivity (Wildman–Crippen MR) is 56.2 cm³/mol. The van der Waals surface area contributed by atoms with E-state index in [1.165, 1.54) is 0 Å². The van der Waals surface area contributed by atoms with Crippen LogP contribution in [0.1, 0.15) is 6.92 Å². The van der Waals surface area contributed by atoms with Crippen LogP contribution >= 0.6 is 34.0 Å². The number of halogens is 2. The van der Waals surface area contributed by atoms with Crippen LogP contribution < -0.4 is 0 Å². The lowest BCUT2D eigenvalue weighted by atomic mass is 10.3. The number of rotatable bonds is 1. The lowest BCUT2D eigenvalue weighted by Gasteiger charge is -2.16. The highest BCUT2D eigenvalue weighted by molar-refractivity contribution is 8.93. The Bertz CT molecular complexity index is 121. The van der Waals surface area contributed by atoms with Crippen LogP contribution in [0.4, 0.5) is 0 Å². The zero-order valence-electron chi connectivity index (χ0n) is 5.99. The molecule has 0 aromatic heterocycles. The van der Waals surface area contributed by atoms with E-state index < -0.39 is 0 Å². The average Bonchev–Trinajstić information content (AvgIpc) is 1.90. The Kier molecular flexibility index (Phi) is 9.46. The van der Waals surface area contributed by atoms with Gasteiger partial charge in [-0.1, -0.05) is 12.2 Å². The lowest BCUT2D eigenvalue weighted by molar-refractivity contribution is 0.436. The zero-order valence-corrected chi connectivity index (χ0v) is 9.41. The number of hydrogen-bond acceptors (Lipinski definition) is 1. The van der Waals surface area contributed by atoms with Crippen molar-refractivity contribution in [3.63, 3.8) is 0 Å². The molecule has 1 rings (SSSR count). The maximum Gasteiger partial charge on any atom is 0.0356 e. The molecule has 0 N–H and O–H groups in total. The van der Waals surface area contributed by atoms with Gasteiger partial charge in [-0.2, -0.15) is 0 Å². The fourth-order valence-corrected chi connectivity index (χ4v) is 0.742. The molecule has 0 fully saturated rings. The molecule has 1 heterocycles. The third-order valence-electron chi connectivity index (χ3n) is 1.29. The molecular weight excluding hydrogens is 258 g/mol. The molecule has 60 valence electrons. The Morgan fingerprint density at radius 3 is 2.30 bits per heavy atom. The van der Waals surface area contributed by atoms with Crippen molar-refractivity contribution < 1.29 is 0 Å². The van der Waals surface area contributed by atoms with E-state index in [-0.39, 0.29) is 34.0 Å². The molecule has 0 amide bonds. The van der Waals surface area contributed by atoms with Gasteiger partial charge in [0.05, 0.1) is 0 Å². The third-order valence-corrected chi connectivity index (χ3v) is 1.29. The third kappa shape index (κ3) is 4.12. The Morgan fingerprint density at radius 2 is 2.00 bits per heavy atom. The van der Waals surface area contributed by atoms with Crippen LogP contribution in [-0.2, 0) is 0 Å². The first-order chi connectivity index (χ1) is 3.93. The highest BCUT2D eigenvalue weighted by atomic mass is 79.9. The molecule has 0 bridgehead atoms. The first-order valence-corrected chi connectivity index (χ1v) is 3.01. The van der Waals surface area contributed by atoms with Crippen LogP contribution in [0.3, 0.4) is 0 Å². The molecule has 0 atom stereocenters. The van der Waals surface area contributed by atoms with Crippen molar-refractivity contribution in [3.8, 4) is 0 Å². The maximum absolute atomic E-state index is 2.25. The summed E-state index contributed by atoms with van der Waals surface area (Å²) in [6.45, 7) is 4.34. The van der Waals surface area contributed by atoms with E-state index in [1.807, 2.05) is 0 Å². The minimum Gasteiger partial charge on any atom is -0.374 e. The van der Waals surface area contributed by atoms with E-state index >= 15 is 0 Å². The quantitative estimate of drug-likeness (QED) is 0.708. The van der Waals surface area contributed by atoms with Crippen molar-refractivity contribution in [1.29, 1.82) is 0 Å². The molecular formula is C7H13Br2N. The van der Waals surface area contributed by atoms with Gasteiger partial charge in [0, 0.05) is 13.1 Å². The van der Waals surface area contributed by atoms with Crippen LogP contribution in [0, 0.1) is 0 Å². The minimum atomic E-state index is 0. The van der Waals surface area contributed by atoms with Crippen molar-refractivity contribution in [2.45, 2.75) is 6.92 Å². The van der Waals surface area contributed by atoms with Crippen molar-refractivity contribution in [1.82, 2.24) is 4.90 Å². The summed E-state index contributed by atoms with van der Waals surface area (Å²) in [6.07, 6.45) is 8.41. The van der Waals surface area contributed by atoms with E-state index in [9.17, 15) is 0 Å². The Hall–Kier alpha value is 0.240. The summed E-state index contributed by atoms with van der Waals surface area (Å²) in [4.78, 5) is 2.25. The highest BCUT2D eigenvalue weighted by Gasteiger charge is 1.91. The molecule has 0 unspecified atom stereocenters. The van der Waals surface area contributed by atoms with E-state index in [1.54, 1.807) is 0 Å². The second-order valence-electron chi connectivity index (χ2n) is 1.86. The number of hydrogen-bond donors (Lipinski definition) is 0. The van der Waals surface area contributed by atoms with Gasteiger partial charge in [-0.25, -0.2) is 0 Å². The van der Waals surface area contributed by atoms with E-state index in [0.717, 1.165) is 13.1 Å². The minimum absolute atomic E-state index is 0. The second kappa shape index (κ2) is 7.35. The van der Waals surface area contributed by atoms with Crippen molar-refractivity contribution in [2.24, 2.45) is 0 Å². The molecule has 0 radical (unpaired) electrons. The SMILES string of the molecule is Br.Br.CCN1C=CC=CC1. The van der Waals surface area contributed by atoms with Crippen molar-refractivity contribution >= 4 is 34.0 Å². The lowest BCUT2D eigenvalue weighted by Crippen LogP contribution is -2.17. The standard InChI is InChI=1S/C7H11N.2BrH/c1-2-8-6-4-3-5-7-8;;/h3-6H,2,7H2,1H3;2*1H. The Labute approximate surface area is 83.3 Å². The summed E-state index contributed by atoms with van der Waals surface area (Å²) in [5.74, 6) is 0. The van der Waals surface area contributed by atoms with E-state index in [0.29, 0.717) is 0 Å². The van der Waals surface area contributed by atoms with Crippen LogP contribution in [-0.4, -0.2) is 18.0 Å². The van der Waals surface area contributed by atoms with E-state index in [2.05, 4.69) is 36.3 Å². The van der Waals surface area contributed by atoms with Gasteiger partial charge in [-0.3, -0.25) is 0 Å². The molecule has 1 nitrogen and oxygen atoms in total. The fourth-order valence-electron chi connectivity index (χ4n) is 0.742. The van der Waals surface area contributed by atoms with Gasteiger partial charge in [0.2, 0.25) is 0 Å². The summed E-state index contributed by atoms with van der Waals surface area (Å²) < 4.78 is 0. The molecule has 3 heteroatoms. The van der Waals surface area contributed by atoms with Crippen molar-refractivity contribution in [2.75, 3.05) is 13.1 Å². The number of likely N-dealkylation sites (N-methyl/N-ethyl adjacent to an activating group) is 1. The number of nitrogens with zero attached hydrogens (tertiary/aromatic N) is 1. The largest absolute Gasteiger partial charge is 0.374 e. The van der Waals surface area contributed by atoms with Gasteiger partial charge in [0.25, 0.3) is 0 Å². The molecule has 10 heavy (non-hydrogen) atoms. The van der Waals surface area contributed by atoms with Gasteiger partial charge in [0.15, 0.2) is 0 Å². The van der Waals surface area contributed by atoms with Gasteiger partial charge in [0.1, 0.15) is 0 Å². The maximum atomic E-state index is 2.25. The van der Waals surface area contributed by atoms with Crippen LogP contribution in [0.2, 0.25) is 0 Å².